The lowest BCUT2D eigenvalue weighted by atomic mass is 10.1. The Morgan fingerprint density at radius 3 is 2.12 bits per heavy atom. The third-order valence-corrected chi connectivity index (χ3v) is 3.52. The maximum atomic E-state index is 9.93. The first-order chi connectivity index (χ1) is 11.4. The lowest BCUT2D eigenvalue weighted by Crippen LogP contribution is -2.46. The third-order valence-electron chi connectivity index (χ3n) is 3.52. The Morgan fingerprint density at radius 1 is 1.08 bits per heavy atom. The molecule has 0 aromatic heterocycles. The average Bonchev–Trinajstić information content (AvgIpc) is 2.59. The van der Waals surface area contributed by atoms with Crippen molar-refractivity contribution in [2.24, 2.45) is 0 Å². The van der Waals surface area contributed by atoms with Gasteiger partial charge in [0.15, 0.2) is 11.5 Å². The van der Waals surface area contributed by atoms with Crippen LogP contribution in [0.3, 0.4) is 0 Å². The first-order valence-corrected chi connectivity index (χ1v) is 7.77. The Labute approximate surface area is 143 Å². The first kappa shape index (κ1) is 20.5. The second kappa shape index (κ2) is 9.68. The summed E-state index contributed by atoms with van der Waals surface area (Å²) >= 11 is 0. The van der Waals surface area contributed by atoms with Crippen molar-refractivity contribution in [3.05, 3.63) is 17.7 Å². The molecule has 0 amide bonds. The van der Waals surface area contributed by atoms with E-state index in [1.54, 1.807) is 33.5 Å². The average molecular weight is 343 g/mol. The first-order valence-electron chi connectivity index (χ1n) is 7.77. The van der Waals surface area contributed by atoms with E-state index in [9.17, 15) is 5.11 Å². The maximum Gasteiger partial charge on any atom is 0.203 e. The molecule has 0 saturated heterocycles. The van der Waals surface area contributed by atoms with Gasteiger partial charge in [-0.25, -0.2) is 0 Å². The van der Waals surface area contributed by atoms with Gasteiger partial charge in [-0.1, -0.05) is 0 Å². The molecule has 0 fully saturated rings. The zero-order chi connectivity index (χ0) is 18.2. The molecule has 0 heterocycles. The van der Waals surface area contributed by atoms with Crippen molar-refractivity contribution in [3.8, 4) is 17.2 Å². The third kappa shape index (κ3) is 6.16. The second-order valence-electron chi connectivity index (χ2n) is 6.13. The van der Waals surface area contributed by atoms with E-state index in [1.807, 2.05) is 13.8 Å². The van der Waals surface area contributed by atoms with Crippen molar-refractivity contribution in [1.29, 1.82) is 0 Å². The number of ether oxygens (including phenoxy) is 4. The molecule has 0 saturated carbocycles. The molecule has 1 rings (SSSR count). The lowest BCUT2D eigenvalue weighted by Gasteiger charge is -2.25. The summed E-state index contributed by atoms with van der Waals surface area (Å²) in [5.74, 6) is 1.64. The van der Waals surface area contributed by atoms with Crippen molar-refractivity contribution in [2.75, 3.05) is 41.1 Å². The summed E-state index contributed by atoms with van der Waals surface area (Å²) in [7, 11) is 4.66. The van der Waals surface area contributed by atoms with Crippen LogP contribution in [0.5, 0.6) is 17.2 Å². The van der Waals surface area contributed by atoms with Crippen LogP contribution in [0.1, 0.15) is 19.4 Å². The second-order valence-corrected chi connectivity index (χ2v) is 6.13. The van der Waals surface area contributed by atoms with Crippen LogP contribution < -0.4 is 19.5 Å². The van der Waals surface area contributed by atoms with E-state index in [1.165, 1.54) is 0 Å². The molecule has 0 spiro atoms. The summed E-state index contributed by atoms with van der Waals surface area (Å²) < 4.78 is 21.4. The van der Waals surface area contributed by atoms with Crippen LogP contribution in [0.15, 0.2) is 12.1 Å². The highest BCUT2D eigenvalue weighted by Gasteiger charge is 2.17. The number of hydrogen-bond acceptors (Lipinski definition) is 7. The normalized spacial score (nSPS) is 12.8. The molecule has 138 valence electrons. The zero-order valence-electron chi connectivity index (χ0n) is 15.1. The SMILES string of the molecule is COc1cc(COCC(O)CNC(C)(C)CO)cc(OC)c1OC. The van der Waals surface area contributed by atoms with Crippen molar-refractivity contribution in [3.63, 3.8) is 0 Å². The largest absolute Gasteiger partial charge is 0.493 e. The quantitative estimate of drug-likeness (QED) is 0.551. The lowest BCUT2D eigenvalue weighted by molar-refractivity contribution is 0.0235. The van der Waals surface area contributed by atoms with Crippen molar-refractivity contribution in [1.82, 2.24) is 5.32 Å². The number of β-amino-alcohol motifs (C(OH)–C–C–N with tert-alkyl or cyclic N) is 1. The Morgan fingerprint density at radius 2 is 1.67 bits per heavy atom. The minimum atomic E-state index is -0.669. The van der Waals surface area contributed by atoms with Gasteiger partial charge in [0.2, 0.25) is 5.75 Å². The topological polar surface area (TPSA) is 89.4 Å². The molecule has 3 N–H and O–H groups in total. The number of methoxy groups -OCH3 is 3. The van der Waals surface area contributed by atoms with Gasteiger partial charge in [0.1, 0.15) is 0 Å². The number of hydrogen-bond donors (Lipinski definition) is 3. The predicted octanol–water partition coefficient (Wildman–Crippen LogP) is 0.950. The fourth-order valence-electron chi connectivity index (χ4n) is 2.04. The molecule has 1 unspecified atom stereocenters. The van der Waals surface area contributed by atoms with Gasteiger partial charge in [-0.2, -0.15) is 0 Å². The zero-order valence-corrected chi connectivity index (χ0v) is 15.1. The molecule has 1 aromatic carbocycles. The fraction of sp³-hybridized carbons (Fsp3) is 0.647. The molecule has 0 bridgehead atoms. The van der Waals surface area contributed by atoms with E-state index in [-0.39, 0.29) is 13.2 Å². The van der Waals surface area contributed by atoms with Crippen molar-refractivity contribution < 1.29 is 29.2 Å². The molecule has 0 aliphatic heterocycles. The highest BCUT2D eigenvalue weighted by atomic mass is 16.5. The van der Waals surface area contributed by atoms with Crippen LogP contribution in [-0.2, 0) is 11.3 Å². The standard InChI is InChI=1S/C17H29NO6/c1-17(2,11-19)18-8-13(20)10-24-9-12-6-14(21-3)16(23-5)15(7-12)22-4/h6-7,13,18-20H,8-11H2,1-5H3. The number of aliphatic hydroxyl groups is 2. The van der Waals surface area contributed by atoms with E-state index in [2.05, 4.69) is 5.32 Å². The molecule has 24 heavy (non-hydrogen) atoms. The summed E-state index contributed by atoms with van der Waals surface area (Å²) in [4.78, 5) is 0. The van der Waals surface area contributed by atoms with E-state index in [0.29, 0.717) is 30.4 Å². The van der Waals surface area contributed by atoms with Crippen LogP contribution in [0, 0.1) is 0 Å². The molecule has 7 heteroatoms. The molecule has 7 nitrogen and oxygen atoms in total. The van der Waals surface area contributed by atoms with Gasteiger partial charge >= 0.3 is 0 Å². The summed E-state index contributed by atoms with van der Waals surface area (Å²) in [5.41, 5.74) is 0.415. The van der Waals surface area contributed by atoms with Crippen LogP contribution in [0.2, 0.25) is 0 Å². The van der Waals surface area contributed by atoms with Gasteiger partial charge in [0.25, 0.3) is 0 Å². The summed E-state index contributed by atoms with van der Waals surface area (Å²) in [6.07, 6.45) is -0.669. The monoisotopic (exact) mass is 343 g/mol. The molecule has 1 aromatic rings. The number of aliphatic hydroxyl groups excluding tert-OH is 2. The smallest absolute Gasteiger partial charge is 0.203 e. The van der Waals surface area contributed by atoms with Gasteiger partial charge in [-0.05, 0) is 31.5 Å². The van der Waals surface area contributed by atoms with E-state index < -0.39 is 11.6 Å². The molecule has 0 radical (unpaired) electrons. The Kier molecular flexibility index (Phi) is 8.27. The van der Waals surface area contributed by atoms with Crippen LogP contribution in [-0.4, -0.2) is 62.9 Å². The summed E-state index contributed by atoms with van der Waals surface area (Å²) in [6, 6.07) is 3.61. The van der Waals surface area contributed by atoms with Crippen LogP contribution in [0.25, 0.3) is 0 Å². The molecule has 1 atom stereocenters. The number of benzene rings is 1. The van der Waals surface area contributed by atoms with Crippen molar-refractivity contribution in [2.45, 2.75) is 32.1 Å². The molecular formula is C17H29NO6. The summed E-state index contributed by atoms with van der Waals surface area (Å²) in [5, 5.41) is 22.2. The van der Waals surface area contributed by atoms with Gasteiger partial charge in [-0.15, -0.1) is 0 Å². The highest BCUT2D eigenvalue weighted by Crippen LogP contribution is 2.38. The fourth-order valence-corrected chi connectivity index (χ4v) is 2.04. The van der Waals surface area contributed by atoms with Gasteiger partial charge in [0.05, 0.1) is 47.3 Å². The van der Waals surface area contributed by atoms with E-state index in [4.69, 9.17) is 24.1 Å². The van der Waals surface area contributed by atoms with Gasteiger partial charge < -0.3 is 34.5 Å². The number of rotatable bonds is 11. The summed E-state index contributed by atoms with van der Waals surface area (Å²) in [6.45, 7) is 4.52. The molecule has 0 aliphatic carbocycles. The van der Waals surface area contributed by atoms with Gasteiger partial charge in [0, 0.05) is 12.1 Å². The number of nitrogens with one attached hydrogen (secondary N) is 1. The Hall–Kier alpha value is -1.54. The molecular weight excluding hydrogens is 314 g/mol. The highest BCUT2D eigenvalue weighted by molar-refractivity contribution is 5.53. The minimum absolute atomic E-state index is 0.00792. The minimum Gasteiger partial charge on any atom is -0.493 e. The maximum absolute atomic E-state index is 9.93. The van der Waals surface area contributed by atoms with E-state index >= 15 is 0 Å². The van der Waals surface area contributed by atoms with Crippen LogP contribution >= 0.6 is 0 Å². The van der Waals surface area contributed by atoms with Crippen molar-refractivity contribution >= 4 is 0 Å². The molecule has 0 aliphatic rings. The Bertz CT molecular complexity index is 481. The van der Waals surface area contributed by atoms with Gasteiger partial charge in [-0.3, -0.25) is 0 Å². The Balaban J connectivity index is 2.55. The van der Waals surface area contributed by atoms with Crippen LogP contribution in [0.4, 0.5) is 0 Å². The predicted molar refractivity (Wildman–Crippen MR) is 90.9 cm³/mol. The van der Waals surface area contributed by atoms with E-state index in [0.717, 1.165) is 5.56 Å².